The lowest BCUT2D eigenvalue weighted by Gasteiger charge is -2.35. The highest BCUT2D eigenvalue weighted by molar-refractivity contribution is 5.97. The van der Waals surface area contributed by atoms with E-state index in [9.17, 15) is 27.9 Å². The number of fused-ring (bicyclic) bond motifs is 1. The quantitative estimate of drug-likeness (QED) is 0.181. The maximum Gasteiger partial charge on any atom is 0.490 e. The van der Waals surface area contributed by atoms with Gasteiger partial charge < -0.3 is 25.6 Å². The van der Waals surface area contributed by atoms with Gasteiger partial charge in [0.25, 0.3) is 5.91 Å². The SMILES string of the molecule is CCCCCC(CC(=O)O)N1CCc2cc(OCc3ccc(C(=N)N)cc3)ccc2C1=O.O=C(O)C(F)(F)F. The molecule has 0 aromatic heterocycles. The molecule has 0 saturated heterocycles. The second-order valence-corrected chi connectivity index (χ2v) is 9.02. The van der Waals surface area contributed by atoms with E-state index >= 15 is 0 Å². The second kappa shape index (κ2) is 14.2. The van der Waals surface area contributed by atoms with E-state index in [1.54, 1.807) is 29.2 Å². The fourth-order valence-electron chi connectivity index (χ4n) is 4.07. The number of rotatable bonds is 11. The van der Waals surface area contributed by atoms with Crippen molar-refractivity contribution in [2.45, 2.75) is 64.3 Å². The summed E-state index contributed by atoms with van der Waals surface area (Å²) in [5.74, 6) is -3.01. The van der Waals surface area contributed by atoms with Crippen LogP contribution in [-0.4, -0.2) is 57.6 Å². The summed E-state index contributed by atoms with van der Waals surface area (Å²) in [5, 5.41) is 23.9. The number of unbranched alkanes of at least 4 members (excludes halogenated alkanes) is 2. The van der Waals surface area contributed by atoms with Crippen LogP contribution in [0.2, 0.25) is 0 Å². The largest absolute Gasteiger partial charge is 0.490 e. The molecule has 0 bridgehead atoms. The molecule has 1 heterocycles. The van der Waals surface area contributed by atoms with Crippen LogP contribution in [0.25, 0.3) is 0 Å². The fraction of sp³-hybridized carbons (Fsp3) is 0.407. The van der Waals surface area contributed by atoms with E-state index in [1.165, 1.54) is 0 Å². The lowest BCUT2D eigenvalue weighted by atomic mass is 9.95. The number of ether oxygens (including phenoxy) is 1. The minimum atomic E-state index is -5.08. The number of carboxylic acids is 2. The predicted molar refractivity (Wildman–Crippen MR) is 137 cm³/mol. The van der Waals surface area contributed by atoms with Crippen LogP contribution in [0.3, 0.4) is 0 Å². The molecule has 9 nitrogen and oxygen atoms in total. The zero-order valence-electron chi connectivity index (χ0n) is 21.5. The molecule has 3 rings (SSSR count). The number of halogens is 3. The summed E-state index contributed by atoms with van der Waals surface area (Å²) in [7, 11) is 0. The molecular weight excluding hydrogens is 519 g/mol. The highest BCUT2D eigenvalue weighted by Crippen LogP contribution is 2.27. The Morgan fingerprint density at radius 3 is 2.31 bits per heavy atom. The molecule has 5 N–H and O–H groups in total. The van der Waals surface area contributed by atoms with Gasteiger partial charge in [-0.2, -0.15) is 13.2 Å². The molecule has 0 saturated carbocycles. The molecule has 0 aliphatic carbocycles. The van der Waals surface area contributed by atoms with Crippen molar-refractivity contribution in [1.82, 2.24) is 4.90 Å². The number of nitrogen functional groups attached to an aromatic ring is 1. The molecule has 0 fully saturated rings. The van der Waals surface area contributed by atoms with E-state index in [0.717, 1.165) is 30.4 Å². The van der Waals surface area contributed by atoms with Crippen molar-refractivity contribution < 1.29 is 42.5 Å². The van der Waals surface area contributed by atoms with E-state index < -0.39 is 18.1 Å². The summed E-state index contributed by atoms with van der Waals surface area (Å²) in [6, 6.07) is 12.5. The first-order valence-electron chi connectivity index (χ1n) is 12.3. The molecular formula is C27H32F3N3O6. The van der Waals surface area contributed by atoms with E-state index in [2.05, 4.69) is 6.92 Å². The first-order valence-corrected chi connectivity index (χ1v) is 12.3. The number of aliphatic carboxylic acids is 2. The standard InChI is InChI=1S/C25H31N3O4.C2HF3O2/c1-2-3-4-5-20(15-23(29)30)28-13-12-19-14-21(10-11-22(19)25(28)31)32-16-17-6-8-18(9-7-17)24(26)27;3-2(4,5)1(6)7/h6-11,14,20H,2-5,12-13,15-16H2,1H3,(H3,26,27)(H,29,30);(H,6,7). The molecule has 2 aromatic rings. The Labute approximate surface area is 223 Å². The monoisotopic (exact) mass is 551 g/mol. The number of carbonyl (C=O) groups is 3. The number of alkyl halides is 3. The van der Waals surface area contributed by atoms with Gasteiger partial charge in [-0.3, -0.25) is 15.0 Å². The Morgan fingerprint density at radius 2 is 1.77 bits per heavy atom. The predicted octanol–water partition coefficient (Wildman–Crippen LogP) is 4.60. The number of carboxylic acid groups (broad SMARTS) is 2. The van der Waals surface area contributed by atoms with Gasteiger partial charge in [-0.05, 0) is 42.2 Å². The number of nitrogens with zero attached hydrogens (tertiary/aromatic N) is 1. The molecule has 39 heavy (non-hydrogen) atoms. The number of hydrogen-bond acceptors (Lipinski definition) is 5. The maximum absolute atomic E-state index is 13.1. The zero-order chi connectivity index (χ0) is 29.2. The fourth-order valence-corrected chi connectivity index (χ4v) is 4.07. The summed E-state index contributed by atoms with van der Waals surface area (Å²) >= 11 is 0. The molecule has 1 aliphatic heterocycles. The van der Waals surface area contributed by atoms with Crippen molar-refractivity contribution in [3.63, 3.8) is 0 Å². The van der Waals surface area contributed by atoms with Gasteiger partial charge in [0.05, 0.1) is 6.42 Å². The van der Waals surface area contributed by atoms with E-state index in [4.69, 9.17) is 25.8 Å². The number of hydrogen-bond donors (Lipinski definition) is 4. The van der Waals surface area contributed by atoms with Crippen LogP contribution in [0.4, 0.5) is 13.2 Å². The van der Waals surface area contributed by atoms with Crippen molar-refractivity contribution in [2.75, 3.05) is 6.54 Å². The topological polar surface area (TPSA) is 154 Å². The molecule has 2 aromatic carbocycles. The molecule has 0 spiro atoms. The molecule has 12 heteroatoms. The van der Waals surface area contributed by atoms with Crippen molar-refractivity contribution in [3.05, 3.63) is 64.7 Å². The minimum Gasteiger partial charge on any atom is -0.489 e. The summed E-state index contributed by atoms with van der Waals surface area (Å²) in [4.78, 5) is 35.1. The number of amides is 1. The zero-order valence-corrected chi connectivity index (χ0v) is 21.5. The van der Waals surface area contributed by atoms with Crippen LogP contribution in [0.15, 0.2) is 42.5 Å². The van der Waals surface area contributed by atoms with E-state index in [0.29, 0.717) is 42.9 Å². The van der Waals surface area contributed by atoms with Gasteiger partial charge in [-0.1, -0.05) is 50.5 Å². The third kappa shape index (κ3) is 9.62. The average Bonchev–Trinajstić information content (AvgIpc) is 2.87. The van der Waals surface area contributed by atoms with Crippen molar-refractivity contribution in [2.24, 2.45) is 5.73 Å². The second-order valence-electron chi connectivity index (χ2n) is 9.02. The van der Waals surface area contributed by atoms with Crippen LogP contribution in [0, 0.1) is 5.41 Å². The summed E-state index contributed by atoms with van der Waals surface area (Å²) in [5.41, 5.74) is 8.66. The number of carbonyl (C=O) groups excluding carboxylic acids is 1. The van der Waals surface area contributed by atoms with Crippen molar-refractivity contribution in [1.29, 1.82) is 5.41 Å². The van der Waals surface area contributed by atoms with Crippen LogP contribution >= 0.6 is 0 Å². The smallest absolute Gasteiger partial charge is 0.489 e. The Bertz CT molecular complexity index is 1170. The highest BCUT2D eigenvalue weighted by Gasteiger charge is 2.38. The minimum absolute atomic E-state index is 0.0194. The van der Waals surface area contributed by atoms with Gasteiger partial charge in [0.15, 0.2) is 0 Å². The maximum atomic E-state index is 13.1. The number of nitrogens with two attached hydrogens (primary N) is 1. The Kier molecular flexibility index (Phi) is 11.3. The number of amidine groups is 1. The van der Waals surface area contributed by atoms with Crippen LogP contribution in [0.5, 0.6) is 5.75 Å². The number of nitrogens with one attached hydrogen (secondary N) is 1. The summed E-state index contributed by atoms with van der Waals surface area (Å²) in [6.07, 6.45) is -0.701. The summed E-state index contributed by atoms with van der Waals surface area (Å²) in [6.45, 7) is 3.00. The van der Waals surface area contributed by atoms with Gasteiger partial charge in [0.2, 0.25) is 0 Å². The lowest BCUT2D eigenvalue weighted by molar-refractivity contribution is -0.192. The highest BCUT2D eigenvalue weighted by atomic mass is 19.4. The van der Waals surface area contributed by atoms with Crippen LogP contribution in [0.1, 0.15) is 66.1 Å². The van der Waals surface area contributed by atoms with Gasteiger partial charge in [0, 0.05) is 23.7 Å². The van der Waals surface area contributed by atoms with Gasteiger partial charge in [-0.25, -0.2) is 4.79 Å². The normalized spacial score (nSPS) is 13.5. The number of benzene rings is 2. The molecule has 1 atom stereocenters. The van der Waals surface area contributed by atoms with Gasteiger partial charge in [-0.15, -0.1) is 0 Å². The Hall–Kier alpha value is -4.09. The van der Waals surface area contributed by atoms with Crippen LogP contribution < -0.4 is 10.5 Å². The molecule has 1 aliphatic rings. The van der Waals surface area contributed by atoms with Gasteiger partial charge in [0.1, 0.15) is 18.2 Å². The van der Waals surface area contributed by atoms with Crippen molar-refractivity contribution >= 4 is 23.7 Å². The van der Waals surface area contributed by atoms with Crippen LogP contribution in [-0.2, 0) is 22.6 Å². The molecule has 1 unspecified atom stereocenters. The first-order chi connectivity index (χ1) is 18.3. The first kappa shape index (κ1) is 31.1. The third-order valence-corrected chi connectivity index (χ3v) is 6.09. The third-order valence-electron chi connectivity index (χ3n) is 6.09. The van der Waals surface area contributed by atoms with E-state index in [-0.39, 0.29) is 24.2 Å². The van der Waals surface area contributed by atoms with Crippen molar-refractivity contribution in [3.8, 4) is 5.75 Å². The molecule has 0 radical (unpaired) electrons. The molecule has 1 amide bonds. The Balaban J connectivity index is 0.000000673. The van der Waals surface area contributed by atoms with Gasteiger partial charge >= 0.3 is 18.1 Å². The van der Waals surface area contributed by atoms with E-state index in [1.807, 2.05) is 18.2 Å². The Morgan fingerprint density at radius 1 is 1.13 bits per heavy atom. The molecule has 212 valence electrons. The summed E-state index contributed by atoms with van der Waals surface area (Å²) < 4.78 is 37.6. The average molecular weight is 552 g/mol. The lowest BCUT2D eigenvalue weighted by Crippen LogP contribution is -2.45.